The largest absolute Gasteiger partial charge is 0.370 e. The molecule has 2 fully saturated rings. The van der Waals surface area contributed by atoms with Gasteiger partial charge in [0.05, 0.1) is 13.2 Å². The van der Waals surface area contributed by atoms with Crippen LogP contribution < -0.4 is 5.32 Å². The van der Waals surface area contributed by atoms with Gasteiger partial charge in [0.15, 0.2) is 0 Å². The van der Waals surface area contributed by atoms with Gasteiger partial charge in [-0.15, -0.1) is 0 Å². The Morgan fingerprint density at radius 1 is 1.39 bits per heavy atom. The Balaban J connectivity index is 1.75. The molecule has 1 aromatic carbocycles. The Morgan fingerprint density at radius 2 is 2.13 bits per heavy atom. The Bertz CT molecular complexity index is 561. The molecule has 0 bridgehead atoms. The summed E-state index contributed by atoms with van der Waals surface area (Å²) >= 11 is 0. The molecular formula is C17H23FN2O3. The van der Waals surface area contributed by atoms with E-state index in [0.717, 1.165) is 13.1 Å². The number of carbonyl (C=O) groups is 1. The van der Waals surface area contributed by atoms with Gasteiger partial charge in [-0.2, -0.15) is 0 Å². The first-order valence-corrected chi connectivity index (χ1v) is 8.07. The lowest BCUT2D eigenvalue weighted by Gasteiger charge is -2.41. The average molecular weight is 322 g/mol. The number of methoxy groups -OCH3 is 1. The first-order valence-electron chi connectivity index (χ1n) is 8.07. The average Bonchev–Trinajstić information content (AvgIpc) is 2.62. The van der Waals surface area contributed by atoms with Gasteiger partial charge in [-0.1, -0.05) is 18.2 Å². The van der Waals surface area contributed by atoms with Crippen LogP contribution in [0.2, 0.25) is 0 Å². The van der Waals surface area contributed by atoms with E-state index in [4.69, 9.17) is 9.47 Å². The van der Waals surface area contributed by atoms with Crippen LogP contribution in [0.4, 0.5) is 4.39 Å². The molecule has 3 rings (SSSR count). The van der Waals surface area contributed by atoms with Gasteiger partial charge in [-0.3, -0.25) is 4.79 Å². The molecule has 2 aliphatic rings. The van der Waals surface area contributed by atoms with E-state index in [-0.39, 0.29) is 11.7 Å². The fourth-order valence-electron chi connectivity index (χ4n) is 3.38. The standard InChI is InChI=1S/C17H23FN2O3/c1-22-17(6-8-19-9-7-17)16(21)20-10-11-23-15(12-20)13-4-2-3-5-14(13)18/h2-5,15,19H,6-12H2,1H3. The fourth-order valence-corrected chi connectivity index (χ4v) is 3.38. The lowest BCUT2D eigenvalue weighted by molar-refractivity contribution is -0.165. The molecule has 5 nitrogen and oxygen atoms in total. The number of ether oxygens (including phenoxy) is 2. The summed E-state index contributed by atoms with van der Waals surface area (Å²) < 4.78 is 25.3. The number of hydrogen-bond donors (Lipinski definition) is 1. The van der Waals surface area contributed by atoms with Crippen LogP contribution in [0.3, 0.4) is 0 Å². The molecular weight excluding hydrogens is 299 g/mol. The van der Waals surface area contributed by atoms with Crippen molar-refractivity contribution in [1.29, 1.82) is 0 Å². The summed E-state index contributed by atoms with van der Waals surface area (Å²) in [5.74, 6) is -0.304. The molecule has 0 aromatic heterocycles. The zero-order valence-electron chi connectivity index (χ0n) is 13.4. The van der Waals surface area contributed by atoms with Crippen molar-refractivity contribution in [1.82, 2.24) is 10.2 Å². The number of halogens is 1. The summed E-state index contributed by atoms with van der Waals surface area (Å²) in [6, 6.07) is 6.57. The van der Waals surface area contributed by atoms with E-state index >= 15 is 0 Å². The summed E-state index contributed by atoms with van der Waals surface area (Å²) in [4.78, 5) is 14.8. The molecule has 0 aliphatic carbocycles. The molecule has 1 unspecified atom stereocenters. The zero-order valence-corrected chi connectivity index (χ0v) is 13.4. The third-order valence-electron chi connectivity index (χ3n) is 4.80. The second-order valence-corrected chi connectivity index (χ2v) is 6.08. The lowest BCUT2D eigenvalue weighted by Crippen LogP contribution is -2.57. The van der Waals surface area contributed by atoms with Crippen molar-refractivity contribution < 1.29 is 18.7 Å². The molecule has 2 saturated heterocycles. The highest BCUT2D eigenvalue weighted by atomic mass is 19.1. The first kappa shape index (κ1) is 16.4. The van der Waals surface area contributed by atoms with Crippen LogP contribution in [-0.4, -0.2) is 56.3 Å². The number of carbonyl (C=O) groups excluding carboxylic acids is 1. The monoisotopic (exact) mass is 322 g/mol. The van der Waals surface area contributed by atoms with E-state index in [1.807, 2.05) is 0 Å². The van der Waals surface area contributed by atoms with E-state index in [1.165, 1.54) is 6.07 Å². The summed E-state index contributed by atoms with van der Waals surface area (Å²) in [5.41, 5.74) is -0.260. The third-order valence-corrected chi connectivity index (χ3v) is 4.80. The van der Waals surface area contributed by atoms with Gasteiger partial charge in [0.25, 0.3) is 5.91 Å². The summed E-state index contributed by atoms with van der Waals surface area (Å²) in [5, 5.41) is 3.25. The van der Waals surface area contributed by atoms with E-state index in [1.54, 1.807) is 30.2 Å². The zero-order chi connectivity index (χ0) is 16.3. The minimum absolute atomic E-state index is 0.00820. The molecule has 1 atom stereocenters. The smallest absolute Gasteiger partial charge is 0.255 e. The van der Waals surface area contributed by atoms with E-state index in [9.17, 15) is 9.18 Å². The molecule has 23 heavy (non-hydrogen) atoms. The molecule has 2 aliphatic heterocycles. The molecule has 0 radical (unpaired) electrons. The minimum Gasteiger partial charge on any atom is -0.370 e. The minimum atomic E-state index is -0.762. The second kappa shape index (κ2) is 6.95. The summed E-state index contributed by atoms with van der Waals surface area (Å²) in [7, 11) is 1.60. The number of piperidine rings is 1. The van der Waals surface area contributed by atoms with Crippen LogP contribution in [0, 0.1) is 5.82 Å². The molecule has 6 heteroatoms. The highest BCUT2D eigenvalue weighted by molar-refractivity contribution is 5.85. The Kier molecular flexibility index (Phi) is 4.94. The van der Waals surface area contributed by atoms with Crippen LogP contribution in [0.1, 0.15) is 24.5 Å². The maximum Gasteiger partial charge on any atom is 0.255 e. The van der Waals surface area contributed by atoms with Crippen molar-refractivity contribution in [3.8, 4) is 0 Å². The van der Waals surface area contributed by atoms with Crippen molar-refractivity contribution in [2.24, 2.45) is 0 Å². The summed E-state index contributed by atoms with van der Waals surface area (Å²) in [6.07, 6.45) is 0.887. The second-order valence-electron chi connectivity index (χ2n) is 6.08. The van der Waals surface area contributed by atoms with Crippen molar-refractivity contribution in [2.45, 2.75) is 24.5 Å². The maximum absolute atomic E-state index is 14.0. The van der Waals surface area contributed by atoms with Crippen LogP contribution in [0.15, 0.2) is 24.3 Å². The highest BCUT2D eigenvalue weighted by Crippen LogP contribution is 2.29. The molecule has 126 valence electrons. The molecule has 0 spiro atoms. The van der Waals surface area contributed by atoms with Crippen molar-refractivity contribution >= 4 is 5.91 Å². The summed E-state index contributed by atoms with van der Waals surface area (Å²) in [6.45, 7) is 2.81. The van der Waals surface area contributed by atoms with Gasteiger partial charge in [-0.05, 0) is 32.0 Å². The molecule has 1 aromatic rings. The number of nitrogens with one attached hydrogen (secondary N) is 1. The molecule has 1 amide bonds. The fraction of sp³-hybridized carbons (Fsp3) is 0.588. The normalized spacial score (nSPS) is 24.4. The number of amides is 1. The van der Waals surface area contributed by atoms with Crippen molar-refractivity contribution in [3.63, 3.8) is 0 Å². The predicted molar refractivity (Wildman–Crippen MR) is 83.5 cm³/mol. The SMILES string of the molecule is COC1(C(=O)N2CCOC(c3ccccc3F)C2)CCNCC1. The molecule has 2 heterocycles. The van der Waals surface area contributed by atoms with E-state index < -0.39 is 11.7 Å². The van der Waals surface area contributed by atoms with Crippen molar-refractivity contribution in [3.05, 3.63) is 35.6 Å². The highest BCUT2D eigenvalue weighted by Gasteiger charge is 2.43. The molecule has 0 saturated carbocycles. The third kappa shape index (κ3) is 3.24. The van der Waals surface area contributed by atoms with E-state index in [0.29, 0.717) is 38.1 Å². The number of rotatable bonds is 3. The molecule has 1 N–H and O–H groups in total. The van der Waals surface area contributed by atoms with Crippen LogP contribution >= 0.6 is 0 Å². The van der Waals surface area contributed by atoms with E-state index in [2.05, 4.69) is 5.32 Å². The first-order chi connectivity index (χ1) is 11.2. The maximum atomic E-state index is 14.0. The van der Waals surface area contributed by atoms with Gasteiger partial charge in [0.1, 0.15) is 17.5 Å². The number of morpholine rings is 1. The number of nitrogens with zero attached hydrogens (tertiary/aromatic N) is 1. The van der Waals surface area contributed by atoms with Crippen molar-refractivity contribution in [2.75, 3.05) is 39.9 Å². The van der Waals surface area contributed by atoms with Gasteiger partial charge >= 0.3 is 0 Å². The van der Waals surface area contributed by atoms with Gasteiger partial charge in [0, 0.05) is 19.2 Å². The topological polar surface area (TPSA) is 50.8 Å². The quantitative estimate of drug-likeness (QED) is 0.916. The number of hydrogen-bond acceptors (Lipinski definition) is 4. The Morgan fingerprint density at radius 3 is 2.83 bits per heavy atom. The van der Waals surface area contributed by atoms with Crippen LogP contribution in [0.25, 0.3) is 0 Å². The van der Waals surface area contributed by atoms with Gasteiger partial charge < -0.3 is 19.7 Å². The Labute approximate surface area is 135 Å². The van der Waals surface area contributed by atoms with Gasteiger partial charge in [0.2, 0.25) is 0 Å². The van der Waals surface area contributed by atoms with Crippen LogP contribution in [0.5, 0.6) is 0 Å². The number of benzene rings is 1. The lowest BCUT2D eigenvalue weighted by atomic mass is 9.90. The predicted octanol–water partition coefficient (Wildman–Crippen LogP) is 1.49. The van der Waals surface area contributed by atoms with Gasteiger partial charge in [-0.25, -0.2) is 4.39 Å². The van der Waals surface area contributed by atoms with Crippen LogP contribution in [-0.2, 0) is 14.3 Å². The Hall–Kier alpha value is -1.50.